The number of nitrogens with one attached hydrogen (secondary N) is 2. The fourth-order valence-electron chi connectivity index (χ4n) is 1.53. The van der Waals surface area contributed by atoms with Gasteiger partial charge in [-0.05, 0) is 34.2 Å². The molecule has 2 aromatic rings. The highest BCUT2D eigenvalue weighted by Crippen LogP contribution is 2.23. The van der Waals surface area contributed by atoms with Crippen LogP contribution in [0.3, 0.4) is 0 Å². The Morgan fingerprint density at radius 2 is 2.35 bits per heavy atom. The quantitative estimate of drug-likeness (QED) is 0.835. The van der Waals surface area contributed by atoms with Crippen LogP contribution in [0.1, 0.15) is 0 Å². The van der Waals surface area contributed by atoms with Gasteiger partial charge in [0.2, 0.25) is 5.91 Å². The SMILES string of the molecule is CNC(=O)Cn1c(=S)[nH]c2cc(Br)c(F)cc21. The van der Waals surface area contributed by atoms with Crippen molar-refractivity contribution in [2.24, 2.45) is 0 Å². The predicted octanol–water partition coefficient (Wildman–Crippen LogP) is 2.35. The van der Waals surface area contributed by atoms with Gasteiger partial charge in [-0.2, -0.15) is 0 Å². The fourth-order valence-corrected chi connectivity index (χ4v) is 2.15. The van der Waals surface area contributed by atoms with E-state index in [2.05, 4.69) is 26.2 Å². The summed E-state index contributed by atoms with van der Waals surface area (Å²) in [7, 11) is 1.54. The third-order valence-electron chi connectivity index (χ3n) is 2.40. The summed E-state index contributed by atoms with van der Waals surface area (Å²) in [6.07, 6.45) is 0. The van der Waals surface area contributed by atoms with Gasteiger partial charge in [0, 0.05) is 13.1 Å². The molecule has 1 amide bonds. The summed E-state index contributed by atoms with van der Waals surface area (Å²) in [5, 5.41) is 2.50. The number of aromatic nitrogens is 2. The molecule has 0 aliphatic rings. The molecule has 0 aliphatic heterocycles. The first-order valence-corrected chi connectivity index (χ1v) is 6.01. The molecule has 4 nitrogen and oxygen atoms in total. The monoisotopic (exact) mass is 317 g/mol. The van der Waals surface area contributed by atoms with Crippen molar-refractivity contribution in [3.63, 3.8) is 0 Å². The van der Waals surface area contributed by atoms with Crippen molar-refractivity contribution >= 4 is 45.1 Å². The lowest BCUT2D eigenvalue weighted by molar-refractivity contribution is -0.121. The maximum Gasteiger partial charge on any atom is 0.239 e. The van der Waals surface area contributed by atoms with Crippen LogP contribution >= 0.6 is 28.1 Å². The Balaban J connectivity index is 2.62. The summed E-state index contributed by atoms with van der Waals surface area (Å²) in [6.45, 7) is 0.0659. The van der Waals surface area contributed by atoms with Gasteiger partial charge in [-0.25, -0.2) is 4.39 Å². The molecule has 2 N–H and O–H groups in total. The van der Waals surface area contributed by atoms with Crippen molar-refractivity contribution < 1.29 is 9.18 Å². The van der Waals surface area contributed by atoms with Crippen molar-refractivity contribution in [3.05, 3.63) is 27.2 Å². The summed E-state index contributed by atoms with van der Waals surface area (Å²) < 4.78 is 15.7. The van der Waals surface area contributed by atoms with Crippen LogP contribution in [0.4, 0.5) is 4.39 Å². The number of carbonyl (C=O) groups excluding carboxylic acids is 1. The smallest absolute Gasteiger partial charge is 0.239 e. The molecule has 7 heteroatoms. The highest BCUT2D eigenvalue weighted by molar-refractivity contribution is 9.10. The normalized spacial score (nSPS) is 10.8. The number of halogens is 2. The van der Waals surface area contributed by atoms with Crippen molar-refractivity contribution in [2.45, 2.75) is 6.54 Å². The molecule has 1 aromatic heterocycles. The van der Waals surface area contributed by atoms with Crippen LogP contribution in [0.2, 0.25) is 0 Å². The molecule has 1 heterocycles. The molecular weight excluding hydrogens is 309 g/mol. The molecule has 0 fully saturated rings. The summed E-state index contributed by atoms with van der Waals surface area (Å²) in [4.78, 5) is 14.3. The van der Waals surface area contributed by atoms with Gasteiger partial charge in [0.1, 0.15) is 12.4 Å². The molecule has 2 rings (SSSR count). The second-order valence-electron chi connectivity index (χ2n) is 3.47. The van der Waals surface area contributed by atoms with Crippen molar-refractivity contribution in [3.8, 4) is 0 Å². The molecule has 0 bridgehead atoms. The molecule has 0 unspecified atom stereocenters. The maximum atomic E-state index is 13.4. The average Bonchev–Trinajstić information content (AvgIpc) is 2.56. The summed E-state index contributed by atoms with van der Waals surface area (Å²) >= 11 is 8.19. The van der Waals surface area contributed by atoms with Crippen LogP contribution in [0.25, 0.3) is 11.0 Å². The van der Waals surface area contributed by atoms with Gasteiger partial charge < -0.3 is 14.9 Å². The van der Waals surface area contributed by atoms with Crippen LogP contribution in [0.5, 0.6) is 0 Å². The topological polar surface area (TPSA) is 49.8 Å². The zero-order valence-corrected chi connectivity index (χ0v) is 11.3. The molecule has 0 atom stereocenters. The maximum absolute atomic E-state index is 13.4. The van der Waals surface area contributed by atoms with E-state index in [0.717, 1.165) is 0 Å². The highest BCUT2D eigenvalue weighted by atomic mass is 79.9. The number of aromatic amines is 1. The Hall–Kier alpha value is -1.21. The number of nitrogens with zero attached hydrogens (tertiary/aromatic N) is 1. The van der Waals surface area contributed by atoms with Gasteiger partial charge in [-0.3, -0.25) is 4.79 Å². The van der Waals surface area contributed by atoms with Gasteiger partial charge in [-0.1, -0.05) is 0 Å². The van der Waals surface area contributed by atoms with Gasteiger partial charge >= 0.3 is 0 Å². The Labute approximate surface area is 110 Å². The van der Waals surface area contributed by atoms with E-state index in [1.165, 1.54) is 13.1 Å². The second kappa shape index (κ2) is 4.58. The molecule has 0 spiro atoms. The average molecular weight is 318 g/mol. The Morgan fingerprint density at radius 1 is 1.65 bits per heavy atom. The van der Waals surface area contributed by atoms with E-state index in [0.29, 0.717) is 20.3 Å². The number of hydrogen-bond acceptors (Lipinski definition) is 2. The molecule has 90 valence electrons. The van der Waals surface area contributed by atoms with E-state index < -0.39 is 5.82 Å². The van der Waals surface area contributed by atoms with Crippen LogP contribution in [0, 0.1) is 10.6 Å². The van der Waals surface area contributed by atoms with E-state index in [4.69, 9.17) is 12.2 Å². The van der Waals surface area contributed by atoms with E-state index in [1.54, 1.807) is 10.6 Å². The number of hydrogen-bond donors (Lipinski definition) is 2. The predicted molar refractivity (Wildman–Crippen MR) is 68.8 cm³/mol. The number of likely N-dealkylation sites (N-methyl/N-ethyl adjacent to an activating group) is 1. The minimum absolute atomic E-state index is 0.0659. The van der Waals surface area contributed by atoms with Gasteiger partial charge in [0.25, 0.3) is 0 Å². The highest BCUT2D eigenvalue weighted by Gasteiger charge is 2.10. The third kappa shape index (κ3) is 2.25. The minimum Gasteiger partial charge on any atom is -0.358 e. The van der Waals surface area contributed by atoms with E-state index in [9.17, 15) is 9.18 Å². The third-order valence-corrected chi connectivity index (χ3v) is 3.33. The Bertz CT molecular complexity index is 649. The van der Waals surface area contributed by atoms with Gasteiger partial charge in [0.05, 0.1) is 15.5 Å². The van der Waals surface area contributed by atoms with Crippen LogP contribution in [-0.2, 0) is 11.3 Å². The number of fused-ring (bicyclic) bond motifs is 1. The molecule has 0 saturated heterocycles. The van der Waals surface area contributed by atoms with Crippen molar-refractivity contribution in [2.75, 3.05) is 7.05 Å². The molecule has 0 radical (unpaired) electrons. The van der Waals surface area contributed by atoms with Crippen molar-refractivity contribution in [1.82, 2.24) is 14.9 Å². The van der Waals surface area contributed by atoms with E-state index >= 15 is 0 Å². The lowest BCUT2D eigenvalue weighted by Crippen LogP contribution is -2.23. The standard InChI is InChI=1S/C10H9BrFN3OS/c1-13-9(16)4-15-8-3-6(12)5(11)2-7(8)14-10(15)17/h2-3H,4H2,1H3,(H,13,16)(H,14,17). The summed E-state index contributed by atoms with van der Waals surface area (Å²) in [5.41, 5.74) is 1.26. The summed E-state index contributed by atoms with van der Waals surface area (Å²) in [6, 6.07) is 2.94. The lowest BCUT2D eigenvalue weighted by atomic mass is 10.3. The first-order valence-electron chi connectivity index (χ1n) is 4.81. The number of amides is 1. The number of H-pyrrole nitrogens is 1. The second-order valence-corrected chi connectivity index (χ2v) is 4.71. The molecule has 0 aliphatic carbocycles. The largest absolute Gasteiger partial charge is 0.358 e. The fraction of sp³-hybridized carbons (Fsp3) is 0.200. The molecule has 0 saturated carbocycles. The zero-order valence-electron chi connectivity index (χ0n) is 8.88. The van der Waals surface area contributed by atoms with Crippen LogP contribution in [0.15, 0.2) is 16.6 Å². The first-order chi connectivity index (χ1) is 8.02. The lowest BCUT2D eigenvalue weighted by Gasteiger charge is -2.03. The molecular formula is C10H9BrFN3OS. The van der Waals surface area contributed by atoms with Crippen LogP contribution in [-0.4, -0.2) is 22.5 Å². The molecule has 1 aromatic carbocycles. The van der Waals surface area contributed by atoms with Crippen molar-refractivity contribution in [1.29, 1.82) is 0 Å². The van der Waals surface area contributed by atoms with Gasteiger partial charge in [-0.15, -0.1) is 0 Å². The van der Waals surface area contributed by atoms with Crippen LogP contribution < -0.4 is 5.32 Å². The Kier molecular flexibility index (Phi) is 3.30. The minimum atomic E-state index is -0.392. The first kappa shape index (κ1) is 12.3. The summed E-state index contributed by atoms with van der Waals surface area (Å²) in [5.74, 6) is -0.581. The van der Waals surface area contributed by atoms with E-state index in [-0.39, 0.29) is 12.5 Å². The Morgan fingerprint density at radius 3 is 3.00 bits per heavy atom. The number of imidazole rings is 1. The zero-order chi connectivity index (χ0) is 12.6. The van der Waals surface area contributed by atoms with Gasteiger partial charge in [0.15, 0.2) is 4.77 Å². The van der Waals surface area contributed by atoms with E-state index in [1.807, 2.05) is 0 Å². The number of rotatable bonds is 2. The number of carbonyl (C=O) groups is 1. The number of benzene rings is 1. The molecule has 17 heavy (non-hydrogen) atoms.